The number of carbonyl (C=O) groups is 2. The summed E-state index contributed by atoms with van der Waals surface area (Å²) in [5.74, 6) is 0.378. The molecule has 0 saturated carbocycles. The highest BCUT2D eigenvalue weighted by Gasteiger charge is 2.47. The van der Waals surface area contributed by atoms with E-state index in [4.69, 9.17) is 4.74 Å². The van der Waals surface area contributed by atoms with Crippen LogP contribution < -0.4 is 0 Å². The molecule has 0 saturated heterocycles. The van der Waals surface area contributed by atoms with Crippen LogP contribution in [0.1, 0.15) is 32.6 Å². The third-order valence-corrected chi connectivity index (χ3v) is 4.94. The Balaban J connectivity index is 2.15. The van der Waals surface area contributed by atoms with Crippen molar-refractivity contribution in [2.24, 2.45) is 17.8 Å². The van der Waals surface area contributed by atoms with Crippen molar-refractivity contribution in [2.45, 2.75) is 38.7 Å². The third kappa shape index (κ3) is 1.88. The van der Waals surface area contributed by atoms with Gasteiger partial charge in [0.05, 0.1) is 0 Å². The maximum absolute atomic E-state index is 12.2. The van der Waals surface area contributed by atoms with E-state index < -0.39 is 6.10 Å². The number of ether oxygens (including phenoxy) is 1. The molecule has 3 nitrogen and oxygen atoms in total. The summed E-state index contributed by atoms with van der Waals surface area (Å²) < 4.78 is 5.40. The first kappa shape index (κ1) is 13.3. The second-order valence-corrected chi connectivity index (χ2v) is 5.88. The van der Waals surface area contributed by atoms with Crippen molar-refractivity contribution in [3.63, 3.8) is 0 Å². The van der Waals surface area contributed by atoms with E-state index in [9.17, 15) is 9.59 Å². The molecule has 3 aliphatic rings. The summed E-state index contributed by atoms with van der Waals surface area (Å²) in [7, 11) is 0. The van der Waals surface area contributed by atoms with Crippen LogP contribution in [-0.2, 0) is 14.3 Å². The summed E-state index contributed by atoms with van der Waals surface area (Å²) >= 11 is 0. The third-order valence-electron chi connectivity index (χ3n) is 4.94. The number of allylic oxidation sites excluding steroid dienone is 2. The fourth-order valence-corrected chi connectivity index (χ4v) is 3.88. The van der Waals surface area contributed by atoms with Gasteiger partial charge in [-0.05, 0) is 55.1 Å². The molecule has 0 fully saturated rings. The summed E-state index contributed by atoms with van der Waals surface area (Å²) in [4.78, 5) is 24.4. The molecule has 0 spiro atoms. The smallest absolute Gasteiger partial charge is 0.335 e. The first-order chi connectivity index (χ1) is 9.67. The molecule has 0 bridgehead atoms. The molecule has 106 valence electrons. The summed E-state index contributed by atoms with van der Waals surface area (Å²) in [6.45, 7) is 6.05. The number of carbonyl (C=O) groups excluding carboxylic acids is 2. The van der Waals surface area contributed by atoms with Gasteiger partial charge in [0.25, 0.3) is 0 Å². The zero-order valence-corrected chi connectivity index (χ0v) is 11.8. The predicted octanol–water partition coefficient (Wildman–Crippen LogP) is 2.98. The van der Waals surface area contributed by atoms with Gasteiger partial charge in [-0.1, -0.05) is 19.1 Å². The van der Waals surface area contributed by atoms with Crippen LogP contribution in [0.4, 0.5) is 0 Å². The summed E-state index contributed by atoms with van der Waals surface area (Å²) in [6, 6.07) is 0. The summed E-state index contributed by atoms with van der Waals surface area (Å²) in [5.41, 5.74) is 1.75. The first-order valence-electron chi connectivity index (χ1n) is 7.45. The standard InChI is InChI=1S/C17H20O3/c1-3-10-8-9-11(4-2)14-15-12(10)6-5-7-13(18)16(15)20-17(14)19/h3,5,7,10-12,16H,1,4,6,8-9H2,2H3. The van der Waals surface area contributed by atoms with Gasteiger partial charge in [-0.2, -0.15) is 0 Å². The van der Waals surface area contributed by atoms with Crippen LogP contribution in [0.2, 0.25) is 0 Å². The molecule has 1 aliphatic heterocycles. The number of hydrogen-bond donors (Lipinski definition) is 0. The van der Waals surface area contributed by atoms with Crippen molar-refractivity contribution in [1.82, 2.24) is 0 Å². The molecule has 1 heterocycles. The van der Waals surface area contributed by atoms with Crippen molar-refractivity contribution in [3.8, 4) is 0 Å². The fraction of sp³-hybridized carbons (Fsp3) is 0.529. The van der Waals surface area contributed by atoms with Gasteiger partial charge < -0.3 is 4.74 Å². The molecule has 20 heavy (non-hydrogen) atoms. The van der Waals surface area contributed by atoms with Crippen molar-refractivity contribution in [3.05, 3.63) is 36.0 Å². The Hall–Kier alpha value is -1.64. The van der Waals surface area contributed by atoms with Crippen molar-refractivity contribution in [1.29, 1.82) is 0 Å². The quantitative estimate of drug-likeness (QED) is 0.573. The zero-order valence-electron chi connectivity index (χ0n) is 11.8. The van der Waals surface area contributed by atoms with Gasteiger partial charge in [-0.3, -0.25) is 4.79 Å². The molecule has 0 aromatic heterocycles. The van der Waals surface area contributed by atoms with E-state index in [1.165, 1.54) is 0 Å². The molecule has 3 heteroatoms. The average molecular weight is 272 g/mol. The highest BCUT2D eigenvalue weighted by Crippen LogP contribution is 2.46. The van der Waals surface area contributed by atoms with E-state index in [0.29, 0.717) is 5.92 Å². The van der Waals surface area contributed by atoms with E-state index in [2.05, 4.69) is 13.5 Å². The van der Waals surface area contributed by atoms with E-state index >= 15 is 0 Å². The number of esters is 1. The summed E-state index contributed by atoms with van der Waals surface area (Å²) in [5, 5.41) is 0. The Morgan fingerprint density at radius 3 is 2.90 bits per heavy atom. The number of hydrogen-bond acceptors (Lipinski definition) is 3. The van der Waals surface area contributed by atoms with Gasteiger partial charge in [0.1, 0.15) is 0 Å². The Kier molecular flexibility index (Phi) is 3.36. The SMILES string of the molecule is C=CC1CCC(CC)C2=C3C(OC2=O)C(=O)C=CCC31. The van der Waals surface area contributed by atoms with Gasteiger partial charge in [-0.25, -0.2) is 4.79 Å². The Labute approximate surface area is 119 Å². The molecular weight excluding hydrogens is 252 g/mol. The summed E-state index contributed by atoms with van der Waals surface area (Å²) in [6.07, 6.45) is 8.52. The van der Waals surface area contributed by atoms with Crippen LogP contribution in [0.5, 0.6) is 0 Å². The lowest BCUT2D eigenvalue weighted by molar-refractivity contribution is -0.145. The predicted molar refractivity (Wildman–Crippen MR) is 75.9 cm³/mol. The molecule has 0 radical (unpaired) electrons. The molecule has 3 rings (SSSR count). The van der Waals surface area contributed by atoms with Gasteiger partial charge in [0.2, 0.25) is 0 Å². The van der Waals surface area contributed by atoms with Gasteiger partial charge in [0, 0.05) is 5.57 Å². The minimum absolute atomic E-state index is 0.0922. The second kappa shape index (κ2) is 5.04. The topological polar surface area (TPSA) is 43.4 Å². The lowest BCUT2D eigenvalue weighted by Crippen LogP contribution is -2.26. The van der Waals surface area contributed by atoms with Crippen LogP contribution in [0.25, 0.3) is 0 Å². The van der Waals surface area contributed by atoms with E-state index in [1.54, 1.807) is 6.08 Å². The molecule has 0 aromatic carbocycles. The van der Waals surface area contributed by atoms with Gasteiger partial charge in [-0.15, -0.1) is 6.58 Å². The maximum atomic E-state index is 12.2. The fourth-order valence-electron chi connectivity index (χ4n) is 3.88. The minimum Gasteiger partial charge on any atom is -0.446 e. The van der Waals surface area contributed by atoms with Crippen LogP contribution in [0.15, 0.2) is 36.0 Å². The Bertz CT molecular complexity index is 526. The number of rotatable bonds is 2. The number of ketones is 1. The van der Waals surface area contributed by atoms with E-state index in [-0.39, 0.29) is 23.6 Å². The Morgan fingerprint density at radius 2 is 2.20 bits per heavy atom. The van der Waals surface area contributed by atoms with Crippen molar-refractivity contribution in [2.75, 3.05) is 0 Å². The minimum atomic E-state index is -0.671. The van der Waals surface area contributed by atoms with Gasteiger partial charge >= 0.3 is 5.97 Å². The first-order valence-corrected chi connectivity index (χ1v) is 7.45. The van der Waals surface area contributed by atoms with E-state index in [0.717, 1.165) is 36.8 Å². The van der Waals surface area contributed by atoms with E-state index in [1.807, 2.05) is 12.2 Å². The average Bonchev–Trinajstić information content (AvgIpc) is 2.60. The van der Waals surface area contributed by atoms with Gasteiger partial charge in [0.15, 0.2) is 11.9 Å². The highest BCUT2D eigenvalue weighted by molar-refractivity contribution is 6.04. The Morgan fingerprint density at radius 1 is 1.40 bits per heavy atom. The lowest BCUT2D eigenvalue weighted by atomic mass is 9.80. The largest absolute Gasteiger partial charge is 0.446 e. The van der Waals surface area contributed by atoms with Crippen LogP contribution in [0, 0.1) is 17.8 Å². The molecular formula is C17H20O3. The molecule has 0 aromatic rings. The molecule has 4 atom stereocenters. The van der Waals surface area contributed by atoms with Crippen LogP contribution in [0.3, 0.4) is 0 Å². The maximum Gasteiger partial charge on any atom is 0.335 e. The van der Waals surface area contributed by atoms with Crippen LogP contribution >= 0.6 is 0 Å². The van der Waals surface area contributed by atoms with Crippen molar-refractivity contribution < 1.29 is 14.3 Å². The molecule has 0 N–H and O–H groups in total. The lowest BCUT2D eigenvalue weighted by Gasteiger charge is -2.24. The molecule has 2 aliphatic carbocycles. The van der Waals surface area contributed by atoms with Crippen LogP contribution in [-0.4, -0.2) is 17.9 Å². The molecule has 0 amide bonds. The normalized spacial score (nSPS) is 36.2. The zero-order chi connectivity index (χ0) is 14.3. The highest BCUT2D eigenvalue weighted by atomic mass is 16.6. The van der Waals surface area contributed by atoms with Crippen molar-refractivity contribution >= 4 is 11.8 Å². The molecule has 4 unspecified atom stereocenters. The monoisotopic (exact) mass is 272 g/mol. The second-order valence-electron chi connectivity index (χ2n) is 5.88.